The molecule has 0 aliphatic heterocycles. The topological polar surface area (TPSA) is 132 Å². The van der Waals surface area contributed by atoms with E-state index in [4.69, 9.17) is 29.5 Å². The van der Waals surface area contributed by atoms with E-state index in [1.54, 1.807) is 0 Å². The van der Waals surface area contributed by atoms with Gasteiger partial charge in [-0.1, -0.05) is 6.58 Å². The van der Waals surface area contributed by atoms with Crippen molar-refractivity contribution in [2.75, 3.05) is 46.2 Å². The van der Waals surface area contributed by atoms with Gasteiger partial charge in [-0.2, -0.15) is 0 Å². The number of esters is 1. The minimum absolute atomic E-state index is 0.00283. The third-order valence-corrected chi connectivity index (χ3v) is 1.72. The third-order valence-electron chi connectivity index (χ3n) is 1.72. The number of aliphatic hydroxyl groups is 2. The highest BCUT2D eigenvalue weighted by molar-refractivity contribution is 5.78. The predicted octanol–water partition coefficient (Wildman–Crippen LogP) is -0.833. The molecular weight excluding hydrogens is 300 g/mol. The van der Waals surface area contributed by atoms with E-state index in [1.165, 1.54) is 6.92 Å². The summed E-state index contributed by atoms with van der Waals surface area (Å²) in [6, 6.07) is 0. The van der Waals surface area contributed by atoms with Gasteiger partial charge in [-0.3, -0.25) is 4.79 Å². The molecule has 0 heterocycles. The number of ether oxygens (including phenoxy) is 4. The van der Waals surface area contributed by atoms with Crippen LogP contribution in [0.3, 0.4) is 0 Å². The van der Waals surface area contributed by atoms with Crippen LogP contribution in [0.5, 0.6) is 0 Å². The highest BCUT2D eigenvalue weighted by Crippen LogP contribution is 1.89. The lowest BCUT2D eigenvalue weighted by atomic mass is 10.6. The van der Waals surface area contributed by atoms with Gasteiger partial charge in [-0.25, -0.2) is 4.79 Å². The Morgan fingerprint density at radius 1 is 1.09 bits per heavy atom. The number of rotatable bonds is 12. The molecule has 1 atom stereocenters. The van der Waals surface area contributed by atoms with Crippen LogP contribution in [0.15, 0.2) is 12.7 Å². The van der Waals surface area contributed by atoms with E-state index in [1.807, 2.05) is 0 Å². The fourth-order valence-electron chi connectivity index (χ4n) is 0.914. The molecule has 130 valence electrons. The highest BCUT2D eigenvalue weighted by atomic mass is 16.7. The van der Waals surface area contributed by atoms with Crippen LogP contribution in [0.2, 0.25) is 0 Å². The first-order valence-electron chi connectivity index (χ1n) is 6.48. The molecule has 0 aliphatic carbocycles. The van der Waals surface area contributed by atoms with Crippen LogP contribution in [0.4, 0.5) is 0 Å². The molecule has 0 rings (SSSR count). The summed E-state index contributed by atoms with van der Waals surface area (Å²) in [5, 5.41) is 25.1. The van der Waals surface area contributed by atoms with Gasteiger partial charge in [-0.05, 0) is 0 Å². The molecule has 0 saturated carbocycles. The number of hydrogen-bond donors (Lipinski definition) is 3. The van der Waals surface area contributed by atoms with Crippen molar-refractivity contribution in [1.29, 1.82) is 0 Å². The summed E-state index contributed by atoms with van der Waals surface area (Å²) in [6.07, 6.45) is -0.402. The van der Waals surface area contributed by atoms with Crippen molar-refractivity contribution in [2.24, 2.45) is 0 Å². The molecule has 0 radical (unpaired) electrons. The Balaban J connectivity index is 0. The van der Waals surface area contributed by atoms with Crippen molar-refractivity contribution < 1.29 is 43.9 Å². The number of aliphatic hydroxyl groups excluding tert-OH is 2. The van der Waals surface area contributed by atoms with Crippen LogP contribution >= 0.6 is 0 Å². The van der Waals surface area contributed by atoms with Gasteiger partial charge in [0.05, 0.1) is 39.6 Å². The van der Waals surface area contributed by atoms with Gasteiger partial charge in [0.25, 0.3) is 0 Å². The van der Waals surface area contributed by atoms with Gasteiger partial charge < -0.3 is 34.3 Å². The molecule has 9 heteroatoms. The lowest BCUT2D eigenvalue weighted by Gasteiger charge is -2.11. The SMILES string of the molecule is C=CC(=O)O.CC(=O)OC(O)COCCOCCOCCO. The minimum Gasteiger partial charge on any atom is -0.478 e. The molecule has 0 aromatic rings. The molecule has 0 amide bonds. The maximum Gasteiger partial charge on any atom is 0.327 e. The van der Waals surface area contributed by atoms with Crippen molar-refractivity contribution in [1.82, 2.24) is 0 Å². The second-order valence-electron chi connectivity index (χ2n) is 3.63. The first kappa shape index (κ1) is 22.8. The van der Waals surface area contributed by atoms with E-state index in [9.17, 15) is 9.59 Å². The van der Waals surface area contributed by atoms with Gasteiger partial charge in [0, 0.05) is 13.0 Å². The molecule has 1 unspecified atom stereocenters. The molecule has 0 spiro atoms. The van der Waals surface area contributed by atoms with E-state index in [-0.39, 0.29) is 13.2 Å². The Hall–Kier alpha value is -1.52. The number of carbonyl (C=O) groups is 2. The van der Waals surface area contributed by atoms with Gasteiger partial charge in [-0.15, -0.1) is 0 Å². The number of carboxylic acid groups (broad SMARTS) is 1. The fourth-order valence-corrected chi connectivity index (χ4v) is 0.914. The summed E-state index contributed by atoms with van der Waals surface area (Å²) in [5.74, 6) is -1.54. The number of carboxylic acids is 1. The van der Waals surface area contributed by atoms with Crippen LogP contribution < -0.4 is 0 Å². The van der Waals surface area contributed by atoms with E-state index in [0.29, 0.717) is 33.0 Å². The Bertz CT molecular complexity index is 293. The maximum absolute atomic E-state index is 10.4. The molecule has 0 aromatic carbocycles. The standard InChI is InChI=1S/C10H20O7.C3H4O2/c1-9(12)17-10(13)8-16-7-6-15-5-4-14-3-2-11;1-2-3(4)5/h10-11,13H,2-8H2,1H3;2H,1H2,(H,4,5). The van der Waals surface area contributed by atoms with E-state index in [0.717, 1.165) is 6.08 Å². The molecule has 0 fully saturated rings. The van der Waals surface area contributed by atoms with Crippen molar-refractivity contribution in [3.05, 3.63) is 12.7 Å². The van der Waals surface area contributed by atoms with Crippen LogP contribution in [-0.2, 0) is 28.5 Å². The predicted molar refractivity (Wildman–Crippen MR) is 75.1 cm³/mol. The zero-order valence-corrected chi connectivity index (χ0v) is 12.6. The summed E-state index contributed by atoms with van der Waals surface area (Å²) in [6.45, 7) is 5.86. The second kappa shape index (κ2) is 17.5. The van der Waals surface area contributed by atoms with Crippen LogP contribution in [0.1, 0.15) is 6.92 Å². The molecule has 9 nitrogen and oxygen atoms in total. The zero-order chi connectivity index (χ0) is 17.2. The van der Waals surface area contributed by atoms with Gasteiger partial charge in [0.1, 0.15) is 6.61 Å². The summed E-state index contributed by atoms with van der Waals surface area (Å²) >= 11 is 0. The highest BCUT2D eigenvalue weighted by Gasteiger charge is 2.06. The van der Waals surface area contributed by atoms with Crippen molar-refractivity contribution in [2.45, 2.75) is 13.2 Å². The molecule has 0 aromatic heterocycles. The lowest BCUT2D eigenvalue weighted by Crippen LogP contribution is -2.22. The summed E-state index contributed by atoms with van der Waals surface area (Å²) in [7, 11) is 0. The van der Waals surface area contributed by atoms with Gasteiger partial charge in [0.2, 0.25) is 6.29 Å². The van der Waals surface area contributed by atoms with E-state index in [2.05, 4.69) is 11.3 Å². The first-order chi connectivity index (χ1) is 10.4. The van der Waals surface area contributed by atoms with E-state index < -0.39 is 18.2 Å². The monoisotopic (exact) mass is 324 g/mol. The van der Waals surface area contributed by atoms with Crippen LogP contribution in [0, 0.1) is 0 Å². The van der Waals surface area contributed by atoms with Crippen molar-refractivity contribution >= 4 is 11.9 Å². The Kier molecular flexibility index (Phi) is 18.1. The quantitative estimate of drug-likeness (QED) is 0.182. The lowest BCUT2D eigenvalue weighted by molar-refractivity contribution is -0.175. The zero-order valence-electron chi connectivity index (χ0n) is 12.6. The largest absolute Gasteiger partial charge is 0.478 e. The van der Waals surface area contributed by atoms with Gasteiger partial charge in [0.15, 0.2) is 0 Å². The Labute approximate surface area is 129 Å². The van der Waals surface area contributed by atoms with Crippen LogP contribution in [-0.4, -0.2) is 79.8 Å². The maximum atomic E-state index is 10.4. The number of hydrogen-bond acceptors (Lipinski definition) is 8. The van der Waals surface area contributed by atoms with Gasteiger partial charge >= 0.3 is 11.9 Å². The molecule has 3 N–H and O–H groups in total. The summed E-state index contributed by atoms with van der Waals surface area (Å²) in [4.78, 5) is 19.7. The average Bonchev–Trinajstić information content (AvgIpc) is 2.45. The molecule has 0 saturated heterocycles. The molecule has 0 aliphatic rings. The Morgan fingerprint density at radius 2 is 1.55 bits per heavy atom. The first-order valence-corrected chi connectivity index (χ1v) is 6.48. The van der Waals surface area contributed by atoms with Crippen LogP contribution in [0.25, 0.3) is 0 Å². The van der Waals surface area contributed by atoms with Crippen molar-refractivity contribution in [3.63, 3.8) is 0 Å². The number of aliphatic carboxylic acids is 1. The molecule has 22 heavy (non-hydrogen) atoms. The smallest absolute Gasteiger partial charge is 0.327 e. The van der Waals surface area contributed by atoms with E-state index >= 15 is 0 Å². The second-order valence-corrected chi connectivity index (χ2v) is 3.63. The molecule has 0 bridgehead atoms. The fraction of sp³-hybridized carbons (Fsp3) is 0.692. The van der Waals surface area contributed by atoms with Crippen molar-refractivity contribution in [3.8, 4) is 0 Å². The normalized spacial score (nSPS) is 11.0. The minimum atomic E-state index is -1.24. The third kappa shape index (κ3) is 23.6. The average molecular weight is 324 g/mol. The molecular formula is C13H24O9. The number of carbonyl (C=O) groups excluding carboxylic acids is 1. The summed E-state index contributed by atoms with van der Waals surface area (Å²) in [5.41, 5.74) is 0. The summed E-state index contributed by atoms with van der Waals surface area (Å²) < 4.78 is 19.5. The Morgan fingerprint density at radius 3 is 1.95 bits per heavy atom.